The van der Waals surface area contributed by atoms with Crippen LogP contribution >= 0.6 is 0 Å². The van der Waals surface area contributed by atoms with Gasteiger partial charge in [0.05, 0.1) is 0 Å². The predicted molar refractivity (Wildman–Crippen MR) is 69.4 cm³/mol. The van der Waals surface area contributed by atoms with E-state index in [2.05, 4.69) is 10.4 Å². The summed E-state index contributed by atoms with van der Waals surface area (Å²) in [4.78, 5) is 26.4. The molecule has 2 aliphatic rings. The first-order valence-electron chi connectivity index (χ1n) is 6.59. The molecule has 1 saturated carbocycles. The highest BCUT2D eigenvalue weighted by atomic mass is 16.2. The molecule has 2 unspecified atom stereocenters. The van der Waals surface area contributed by atoms with Crippen LogP contribution in [0.5, 0.6) is 0 Å². The van der Waals surface area contributed by atoms with E-state index >= 15 is 0 Å². The molecule has 0 radical (unpaired) electrons. The molecule has 0 spiro atoms. The number of nitrogens with one attached hydrogen (secondary N) is 1. The summed E-state index contributed by atoms with van der Waals surface area (Å²) in [6.45, 7) is 3.56. The van der Waals surface area contributed by atoms with Crippen molar-refractivity contribution in [3.8, 4) is 0 Å². The normalized spacial score (nSPS) is 31.5. The maximum Gasteiger partial charge on any atom is 0.254 e. The molecule has 2 fully saturated rings. The van der Waals surface area contributed by atoms with Crippen molar-refractivity contribution in [3.05, 3.63) is 12.3 Å². The lowest BCUT2D eigenvalue weighted by molar-refractivity contribution is -0.138. The standard InChI is InChI=1S/C13H18N4O2/c1-8-11(18)14-13(2,9-4-5-9)12(19)17(8)10-6-7-16(3)15-10/h6-9H,4-5H2,1-3H3,(H,14,18). The Morgan fingerprint density at radius 2 is 2.11 bits per heavy atom. The van der Waals surface area contributed by atoms with Crippen molar-refractivity contribution >= 4 is 17.6 Å². The monoisotopic (exact) mass is 262 g/mol. The van der Waals surface area contributed by atoms with Gasteiger partial charge in [-0.3, -0.25) is 19.2 Å². The van der Waals surface area contributed by atoms with Gasteiger partial charge in [-0.25, -0.2) is 0 Å². The van der Waals surface area contributed by atoms with E-state index < -0.39 is 11.6 Å². The maximum atomic E-state index is 12.8. The van der Waals surface area contributed by atoms with Crippen molar-refractivity contribution in [2.75, 3.05) is 4.90 Å². The van der Waals surface area contributed by atoms with E-state index in [1.54, 1.807) is 30.9 Å². The topological polar surface area (TPSA) is 67.2 Å². The molecule has 1 aromatic heterocycles. The summed E-state index contributed by atoms with van der Waals surface area (Å²) in [7, 11) is 1.79. The molecule has 0 bridgehead atoms. The molecule has 19 heavy (non-hydrogen) atoms. The van der Waals surface area contributed by atoms with Crippen molar-refractivity contribution < 1.29 is 9.59 Å². The van der Waals surface area contributed by atoms with Crippen LogP contribution in [-0.2, 0) is 16.6 Å². The molecule has 6 heteroatoms. The molecule has 6 nitrogen and oxygen atoms in total. The number of carbonyl (C=O) groups excluding carboxylic acids is 2. The molecular weight excluding hydrogens is 244 g/mol. The van der Waals surface area contributed by atoms with Gasteiger partial charge in [-0.1, -0.05) is 0 Å². The van der Waals surface area contributed by atoms with Crippen LogP contribution in [-0.4, -0.2) is 33.2 Å². The van der Waals surface area contributed by atoms with Gasteiger partial charge in [0.15, 0.2) is 5.82 Å². The summed E-state index contributed by atoms with van der Waals surface area (Å²) in [5, 5.41) is 7.15. The lowest BCUT2D eigenvalue weighted by Gasteiger charge is -2.42. The average Bonchev–Trinajstić information content (AvgIpc) is 3.12. The Hall–Kier alpha value is -1.85. The van der Waals surface area contributed by atoms with Crippen LogP contribution in [0.25, 0.3) is 0 Å². The number of anilines is 1. The van der Waals surface area contributed by atoms with Gasteiger partial charge in [-0.15, -0.1) is 0 Å². The average molecular weight is 262 g/mol. The highest BCUT2D eigenvalue weighted by Crippen LogP contribution is 2.42. The molecule has 1 saturated heterocycles. The number of aryl methyl sites for hydroxylation is 1. The minimum atomic E-state index is -0.777. The summed E-state index contributed by atoms with van der Waals surface area (Å²) in [5.74, 6) is 0.629. The summed E-state index contributed by atoms with van der Waals surface area (Å²) in [6, 6.07) is 1.24. The Morgan fingerprint density at radius 1 is 1.42 bits per heavy atom. The lowest BCUT2D eigenvalue weighted by Crippen LogP contribution is -2.70. The first-order chi connectivity index (χ1) is 8.93. The zero-order valence-electron chi connectivity index (χ0n) is 11.4. The Bertz CT molecular complexity index is 549. The minimum Gasteiger partial charge on any atom is -0.340 e. The summed E-state index contributed by atoms with van der Waals surface area (Å²) in [5.41, 5.74) is -0.777. The molecule has 0 aromatic carbocycles. The second kappa shape index (κ2) is 3.82. The van der Waals surface area contributed by atoms with Gasteiger partial charge < -0.3 is 5.32 Å². The number of aromatic nitrogens is 2. The fraction of sp³-hybridized carbons (Fsp3) is 0.615. The van der Waals surface area contributed by atoms with Crippen LogP contribution in [0.3, 0.4) is 0 Å². The largest absolute Gasteiger partial charge is 0.340 e. The molecule has 1 aliphatic carbocycles. The smallest absolute Gasteiger partial charge is 0.254 e. The van der Waals surface area contributed by atoms with E-state index in [9.17, 15) is 9.59 Å². The molecular formula is C13H18N4O2. The lowest BCUT2D eigenvalue weighted by atomic mass is 9.89. The fourth-order valence-corrected chi connectivity index (χ4v) is 2.73. The van der Waals surface area contributed by atoms with Crippen LogP contribution in [0.2, 0.25) is 0 Å². The quantitative estimate of drug-likeness (QED) is 0.841. The fourth-order valence-electron chi connectivity index (χ4n) is 2.73. The molecule has 1 aromatic rings. The molecule has 2 atom stereocenters. The van der Waals surface area contributed by atoms with Gasteiger partial charge in [0.2, 0.25) is 5.91 Å². The highest BCUT2D eigenvalue weighted by Gasteiger charge is 2.55. The second-order valence-corrected chi connectivity index (χ2v) is 5.66. The number of rotatable bonds is 2. The van der Waals surface area contributed by atoms with Crippen LogP contribution < -0.4 is 10.2 Å². The SMILES string of the molecule is CC1C(=O)NC(C)(C2CC2)C(=O)N1c1ccn(C)n1. The van der Waals surface area contributed by atoms with Gasteiger partial charge in [0, 0.05) is 19.3 Å². The van der Waals surface area contributed by atoms with E-state index in [0.717, 1.165) is 12.8 Å². The maximum absolute atomic E-state index is 12.8. The number of piperazine rings is 1. The van der Waals surface area contributed by atoms with E-state index in [1.165, 1.54) is 4.90 Å². The van der Waals surface area contributed by atoms with Crippen molar-refractivity contribution in [2.45, 2.75) is 38.3 Å². The first-order valence-corrected chi connectivity index (χ1v) is 6.59. The number of hydrogen-bond donors (Lipinski definition) is 1. The van der Waals surface area contributed by atoms with E-state index in [1.807, 2.05) is 6.92 Å². The van der Waals surface area contributed by atoms with Gasteiger partial charge in [-0.2, -0.15) is 5.10 Å². The van der Waals surface area contributed by atoms with Crippen LogP contribution in [0, 0.1) is 5.92 Å². The number of nitrogens with zero attached hydrogens (tertiary/aromatic N) is 3. The molecule has 2 heterocycles. The van der Waals surface area contributed by atoms with E-state index in [4.69, 9.17) is 0 Å². The second-order valence-electron chi connectivity index (χ2n) is 5.66. The highest BCUT2D eigenvalue weighted by molar-refractivity contribution is 6.10. The van der Waals surface area contributed by atoms with Gasteiger partial charge in [0.25, 0.3) is 5.91 Å². The zero-order chi connectivity index (χ0) is 13.8. The number of hydrogen-bond acceptors (Lipinski definition) is 3. The Balaban J connectivity index is 2.00. The third-order valence-electron chi connectivity index (χ3n) is 4.15. The summed E-state index contributed by atoms with van der Waals surface area (Å²) >= 11 is 0. The van der Waals surface area contributed by atoms with Crippen LogP contribution in [0.4, 0.5) is 5.82 Å². The number of amides is 2. The van der Waals surface area contributed by atoms with Crippen LogP contribution in [0.1, 0.15) is 26.7 Å². The van der Waals surface area contributed by atoms with Gasteiger partial charge >= 0.3 is 0 Å². The van der Waals surface area contributed by atoms with E-state index in [0.29, 0.717) is 5.82 Å². The van der Waals surface area contributed by atoms with E-state index in [-0.39, 0.29) is 17.7 Å². The zero-order valence-corrected chi connectivity index (χ0v) is 11.4. The van der Waals surface area contributed by atoms with Crippen molar-refractivity contribution in [2.24, 2.45) is 13.0 Å². The number of carbonyl (C=O) groups is 2. The third kappa shape index (κ3) is 1.74. The first kappa shape index (κ1) is 12.2. The van der Waals surface area contributed by atoms with Crippen molar-refractivity contribution in [3.63, 3.8) is 0 Å². The molecule has 1 aliphatic heterocycles. The Morgan fingerprint density at radius 3 is 2.63 bits per heavy atom. The summed E-state index contributed by atoms with van der Waals surface area (Å²) < 4.78 is 1.64. The molecule has 102 valence electrons. The van der Waals surface area contributed by atoms with Gasteiger partial charge in [0.1, 0.15) is 11.6 Å². The van der Waals surface area contributed by atoms with Crippen molar-refractivity contribution in [1.82, 2.24) is 15.1 Å². The van der Waals surface area contributed by atoms with Crippen LogP contribution in [0.15, 0.2) is 12.3 Å². The summed E-state index contributed by atoms with van der Waals surface area (Å²) in [6.07, 6.45) is 3.76. The third-order valence-corrected chi connectivity index (χ3v) is 4.15. The molecule has 1 N–H and O–H groups in total. The molecule has 2 amide bonds. The van der Waals surface area contributed by atoms with Gasteiger partial charge in [-0.05, 0) is 32.6 Å². The Kier molecular flexibility index (Phi) is 2.45. The Labute approximate surface area is 111 Å². The predicted octanol–water partition coefficient (Wildman–Crippen LogP) is 0.440. The minimum absolute atomic E-state index is 0.0548. The van der Waals surface area contributed by atoms with Crippen molar-refractivity contribution in [1.29, 1.82) is 0 Å². The molecule has 3 rings (SSSR count).